The fourth-order valence-corrected chi connectivity index (χ4v) is 2.69. The number of rotatable bonds is 5. The molecule has 1 fully saturated rings. The van der Waals surface area contributed by atoms with Gasteiger partial charge in [-0.15, -0.1) is 0 Å². The van der Waals surface area contributed by atoms with E-state index in [4.69, 9.17) is 4.74 Å². The Hall–Kier alpha value is -1.53. The average molecular weight is 299 g/mol. The summed E-state index contributed by atoms with van der Waals surface area (Å²) >= 11 is 0. The summed E-state index contributed by atoms with van der Waals surface area (Å²) in [6.45, 7) is 2.71. The number of aliphatic hydroxyl groups excluding tert-OH is 1. The number of carbonyl (C=O) groups is 1. The molecule has 1 aromatic rings. The number of benzene rings is 1. The second-order valence-corrected chi connectivity index (χ2v) is 5.12. The molecule has 0 aliphatic carbocycles. The Kier molecular flexibility index (Phi) is 5.25. The van der Waals surface area contributed by atoms with Crippen molar-refractivity contribution in [3.05, 3.63) is 35.4 Å². The van der Waals surface area contributed by atoms with Crippen LogP contribution in [0.2, 0.25) is 0 Å². The molecule has 4 nitrogen and oxygen atoms in total. The number of esters is 1. The lowest BCUT2D eigenvalue weighted by atomic mass is 10.0. The van der Waals surface area contributed by atoms with Crippen molar-refractivity contribution in [3.8, 4) is 0 Å². The van der Waals surface area contributed by atoms with Gasteiger partial charge in [-0.1, -0.05) is 0 Å². The minimum Gasteiger partial charge on any atom is -0.466 e. The summed E-state index contributed by atoms with van der Waals surface area (Å²) in [6, 6.07) is 2.87. The Balaban J connectivity index is 2.09. The van der Waals surface area contributed by atoms with Gasteiger partial charge in [-0.05, 0) is 31.5 Å². The van der Waals surface area contributed by atoms with E-state index in [2.05, 4.69) is 0 Å². The van der Waals surface area contributed by atoms with E-state index in [1.54, 1.807) is 11.8 Å². The molecule has 2 atom stereocenters. The molecule has 0 saturated carbocycles. The molecule has 1 aliphatic rings. The van der Waals surface area contributed by atoms with Crippen molar-refractivity contribution in [2.75, 3.05) is 19.7 Å². The van der Waals surface area contributed by atoms with Crippen LogP contribution in [0.25, 0.3) is 0 Å². The van der Waals surface area contributed by atoms with Crippen molar-refractivity contribution in [3.63, 3.8) is 0 Å². The van der Waals surface area contributed by atoms with Gasteiger partial charge in [-0.25, -0.2) is 8.78 Å². The first-order valence-electron chi connectivity index (χ1n) is 7.04. The number of ether oxygens (including phenoxy) is 1. The van der Waals surface area contributed by atoms with Gasteiger partial charge in [0.1, 0.15) is 11.6 Å². The van der Waals surface area contributed by atoms with Crippen LogP contribution in [-0.4, -0.2) is 41.8 Å². The summed E-state index contributed by atoms with van der Waals surface area (Å²) in [5, 5.41) is 9.79. The molecule has 1 N–H and O–H groups in total. The Morgan fingerprint density at radius 2 is 2.24 bits per heavy atom. The van der Waals surface area contributed by atoms with Gasteiger partial charge in [0.15, 0.2) is 0 Å². The molecular weight excluding hydrogens is 280 g/mol. The topological polar surface area (TPSA) is 49.8 Å². The van der Waals surface area contributed by atoms with E-state index >= 15 is 0 Å². The highest BCUT2D eigenvalue weighted by molar-refractivity contribution is 5.69. The fourth-order valence-electron chi connectivity index (χ4n) is 2.69. The van der Waals surface area contributed by atoms with Gasteiger partial charge < -0.3 is 9.84 Å². The third-order valence-electron chi connectivity index (χ3n) is 3.61. The standard InChI is InChI=1S/C15H19F2NO3/c1-2-21-15(20)5-6-18-9-11(19)8-14(18)12-7-10(16)3-4-13(12)17/h3-4,7,11,14,19H,2,5-6,8-9H2,1H3. The Labute approximate surface area is 122 Å². The van der Waals surface area contributed by atoms with E-state index in [0.717, 1.165) is 18.2 Å². The van der Waals surface area contributed by atoms with Crippen molar-refractivity contribution < 1.29 is 23.4 Å². The van der Waals surface area contributed by atoms with E-state index in [9.17, 15) is 18.7 Å². The summed E-state index contributed by atoms with van der Waals surface area (Å²) in [6.07, 6.45) is -0.128. The minimum atomic E-state index is -0.611. The van der Waals surface area contributed by atoms with Crippen molar-refractivity contribution in [1.82, 2.24) is 4.90 Å². The number of nitrogens with zero attached hydrogens (tertiary/aromatic N) is 1. The highest BCUT2D eigenvalue weighted by Crippen LogP contribution is 2.34. The van der Waals surface area contributed by atoms with E-state index in [0.29, 0.717) is 26.1 Å². The van der Waals surface area contributed by atoms with Crippen LogP contribution in [0.15, 0.2) is 18.2 Å². The highest BCUT2D eigenvalue weighted by Gasteiger charge is 2.33. The minimum absolute atomic E-state index is 0.161. The first-order chi connectivity index (χ1) is 10.0. The SMILES string of the molecule is CCOC(=O)CCN1CC(O)CC1c1cc(F)ccc1F. The quantitative estimate of drug-likeness (QED) is 0.845. The molecular formula is C15H19F2NO3. The van der Waals surface area contributed by atoms with Crippen LogP contribution in [0.5, 0.6) is 0 Å². The fraction of sp³-hybridized carbons (Fsp3) is 0.533. The largest absolute Gasteiger partial charge is 0.466 e. The first-order valence-corrected chi connectivity index (χ1v) is 7.04. The van der Waals surface area contributed by atoms with Crippen molar-refractivity contribution >= 4 is 5.97 Å². The van der Waals surface area contributed by atoms with Crippen molar-refractivity contribution in [2.45, 2.75) is 31.9 Å². The lowest BCUT2D eigenvalue weighted by molar-refractivity contribution is -0.143. The van der Waals surface area contributed by atoms with E-state index in [1.807, 2.05) is 0 Å². The lowest BCUT2D eigenvalue weighted by Crippen LogP contribution is -2.28. The molecule has 0 aromatic heterocycles. The molecule has 0 radical (unpaired) electrons. The molecule has 1 aliphatic heterocycles. The highest BCUT2D eigenvalue weighted by atomic mass is 19.1. The molecule has 0 bridgehead atoms. The lowest BCUT2D eigenvalue weighted by Gasteiger charge is -2.24. The maximum absolute atomic E-state index is 13.9. The zero-order valence-electron chi connectivity index (χ0n) is 11.9. The zero-order valence-corrected chi connectivity index (χ0v) is 11.9. The molecule has 0 amide bonds. The number of carbonyl (C=O) groups excluding carboxylic acids is 1. The molecule has 1 heterocycles. The van der Waals surface area contributed by atoms with Gasteiger partial charge in [-0.2, -0.15) is 0 Å². The molecule has 116 valence electrons. The van der Waals surface area contributed by atoms with Crippen LogP contribution >= 0.6 is 0 Å². The van der Waals surface area contributed by atoms with Crippen LogP contribution in [0.3, 0.4) is 0 Å². The predicted octanol–water partition coefficient (Wildman–Crippen LogP) is 2.03. The smallest absolute Gasteiger partial charge is 0.307 e. The van der Waals surface area contributed by atoms with Crippen LogP contribution in [0.1, 0.15) is 31.4 Å². The van der Waals surface area contributed by atoms with Gasteiger partial charge in [0.2, 0.25) is 0 Å². The summed E-state index contributed by atoms with van der Waals surface area (Å²) in [7, 11) is 0. The van der Waals surface area contributed by atoms with Gasteiger partial charge in [0, 0.05) is 24.7 Å². The monoisotopic (exact) mass is 299 g/mol. The summed E-state index contributed by atoms with van der Waals surface area (Å²) in [4.78, 5) is 13.2. The third kappa shape index (κ3) is 3.98. The number of likely N-dealkylation sites (tertiary alicyclic amines) is 1. The van der Waals surface area contributed by atoms with Crippen LogP contribution < -0.4 is 0 Å². The summed E-state index contributed by atoms with van der Waals surface area (Å²) < 4.78 is 32.0. The predicted molar refractivity (Wildman–Crippen MR) is 72.5 cm³/mol. The average Bonchev–Trinajstić information content (AvgIpc) is 2.80. The van der Waals surface area contributed by atoms with Gasteiger partial charge in [0.05, 0.1) is 19.1 Å². The molecule has 1 saturated heterocycles. The molecule has 2 rings (SSSR count). The van der Waals surface area contributed by atoms with Gasteiger partial charge >= 0.3 is 5.97 Å². The molecule has 6 heteroatoms. The first kappa shape index (κ1) is 15.9. The molecule has 2 unspecified atom stereocenters. The number of β-amino-alcohol motifs (C(OH)–C–C–N with tert-alkyl or cyclic N) is 1. The van der Waals surface area contributed by atoms with Crippen molar-refractivity contribution in [1.29, 1.82) is 0 Å². The number of aliphatic hydroxyl groups is 1. The molecule has 1 aromatic carbocycles. The summed E-state index contributed by atoms with van der Waals surface area (Å²) in [5.41, 5.74) is 0.218. The maximum Gasteiger partial charge on any atom is 0.307 e. The normalized spacial score (nSPS) is 22.5. The Morgan fingerprint density at radius 3 is 2.95 bits per heavy atom. The van der Waals surface area contributed by atoms with E-state index in [1.165, 1.54) is 0 Å². The number of halogens is 2. The van der Waals surface area contributed by atoms with Crippen molar-refractivity contribution in [2.24, 2.45) is 0 Å². The Morgan fingerprint density at radius 1 is 1.48 bits per heavy atom. The van der Waals surface area contributed by atoms with Crippen LogP contribution in [0.4, 0.5) is 8.78 Å². The van der Waals surface area contributed by atoms with Gasteiger partial charge in [0.25, 0.3) is 0 Å². The summed E-state index contributed by atoms with van der Waals surface area (Å²) in [5.74, 6) is -1.35. The number of hydrogen-bond donors (Lipinski definition) is 1. The van der Waals surface area contributed by atoms with E-state index in [-0.39, 0.29) is 18.0 Å². The zero-order chi connectivity index (χ0) is 15.4. The van der Waals surface area contributed by atoms with E-state index < -0.39 is 23.8 Å². The second kappa shape index (κ2) is 6.95. The molecule has 21 heavy (non-hydrogen) atoms. The maximum atomic E-state index is 13.9. The Bertz CT molecular complexity index is 510. The van der Waals surface area contributed by atoms with Crippen LogP contribution in [0, 0.1) is 11.6 Å². The number of hydrogen-bond acceptors (Lipinski definition) is 4. The van der Waals surface area contributed by atoms with Crippen LogP contribution in [-0.2, 0) is 9.53 Å². The third-order valence-corrected chi connectivity index (χ3v) is 3.61. The second-order valence-electron chi connectivity index (χ2n) is 5.12. The molecule has 0 spiro atoms. The van der Waals surface area contributed by atoms with Gasteiger partial charge in [-0.3, -0.25) is 9.69 Å².